The highest BCUT2D eigenvalue weighted by atomic mass is 32.2. The number of carbonyl (C=O) groups is 1. The highest BCUT2D eigenvalue weighted by molar-refractivity contribution is 8.00. The van der Waals surface area contributed by atoms with E-state index in [1.54, 1.807) is 11.8 Å². The van der Waals surface area contributed by atoms with Gasteiger partial charge in [0.25, 0.3) is 0 Å². The van der Waals surface area contributed by atoms with Crippen molar-refractivity contribution < 1.29 is 14.3 Å². The molecule has 0 radical (unpaired) electrons. The number of thioether (sulfide) groups is 1. The average Bonchev–Trinajstić information content (AvgIpc) is 3.27. The number of rotatable bonds is 7. The zero-order chi connectivity index (χ0) is 19.2. The summed E-state index contributed by atoms with van der Waals surface area (Å²) in [4.78, 5) is 16.1. The molecule has 28 heavy (non-hydrogen) atoms. The predicted molar refractivity (Wildman–Crippen MR) is 113 cm³/mol. The molecule has 2 aromatic rings. The van der Waals surface area contributed by atoms with Gasteiger partial charge in [-0.05, 0) is 29.3 Å². The maximum absolute atomic E-state index is 12.5. The van der Waals surface area contributed by atoms with Gasteiger partial charge in [0.1, 0.15) is 0 Å². The van der Waals surface area contributed by atoms with Gasteiger partial charge in [-0.25, -0.2) is 0 Å². The van der Waals surface area contributed by atoms with Crippen LogP contribution in [0.1, 0.15) is 6.42 Å². The smallest absolute Gasteiger partial charge is 0.230 e. The van der Waals surface area contributed by atoms with Crippen molar-refractivity contribution in [3.8, 4) is 0 Å². The quantitative estimate of drug-likeness (QED) is 0.725. The molecule has 0 bridgehead atoms. The fourth-order valence-corrected chi connectivity index (χ4v) is 4.81. The fourth-order valence-electron chi connectivity index (χ4n) is 4.03. The fraction of sp³-hybridized carbons (Fsp3) is 0.500. The van der Waals surface area contributed by atoms with Crippen LogP contribution in [0.4, 0.5) is 0 Å². The second-order valence-corrected chi connectivity index (χ2v) is 8.49. The Labute approximate surface area is 170 Å². The van der Waals surface area contributed by atoms with Crippen LogP contribution in [0.3, 0.4) is 0 Å². The Balaban J connectivity index is 1.30. The third-order valence-corrected chi connectivity index (χ3v) is 6.62. The van der Waals surface area contributed by atoms with Gasteiger partial charge in [-0.2, -0.15) is 0 Å². The van der Waals surface area contributed by atoms with E-state index in [9.17, 15) is 4.79 Å². The number of hydrogen-bond donors (Lipinski definition) is 1. The molecule has 0 aromatic heterocycles. The number of amides is 1. The Bertz CT molecular complexity index is 788. The molecule has 0 saturated carbocycles. The van der Waals surface area contributed by atoms with Gasteiger partial charge in [-0.1, -0.05) is 30.3 Å². The standard InChI is InChI=1S/C22H28N2O3S/c25-22(16-28-20-6-5-17-3-1-2-4-18(17)13-20)23-14-21(19-7-10-27-15-19)24-8-11-26-12-9-24/h1-6,13,19,21H,7-12,14-16H2,(H,23,25). The SMILES string of the molecule is O=C(CSc1ccc2ccccc2c1)NCC(C1CCOC1)N1CCOCC1. The number of benzene rings is 2. The second-order valence-electron chi connectivity index (χ2n) is 7.44. The predicted octanol–water partition coefficient (Wildman–Crippen LogP) is 2.79. The lowest BCUT2D eigenvalue weighted by atomic mass is 9.97. The van der Waals surface area contributed by atoms with Crippen LogP contribution in [0.25, 0.3) is 10.8 Å². The molecule has 2 heterocycles. The molecule has 150 valence electrons. The molecule has 2 aliphatic rings. The van der Waals surface area contributed by atoms with Crippen LogP contribution in [-0.4, -0.2) is 68.7 Å². The molecule has 2 fully saturated rings. The summed E-state index contributed by atoms with van der Waals surface area (Å²) < 4.78 is 11.1. The van der Waals surface area contributed by atoms with Crippen LogP contribution >= 0.6 is 11.8 Å². The molecular formula is C22H28N2O3S. The molecule has 2 aromatic carbocycles. The summed E-state index contributed by atoms with van der Waals surface area (Å²) in [6.07, 6.45) is 1.07. The first-order valence-electron chi connectivity index (χ1n) is 10.1. The van der Waals surface area contributed by atoms with Crippen molar-refractivity contribution in [1.82, 2.24) is 10.2 Å². The number of nitrogens with zero attached hydrogens (tertiary/aromatic N) is 1. The summed E-state index contributed by atoms with van der Waals surface area (Å²) in [5.74, 6) is 1.02. The van der Waals surface area contributed by atoms with E-state index in [1.807, 2.05) is 12.1 Å². The van der Waals surface area contributed by atoms with Crippen LogP contribution in [-0.2, 0) is 14.3 Å². The van der Waals surface area contributed by atoms with Gasteiger partial charge in [0.15, 0.2) is 0 Å². The van der Waals surface area contributed by atoms with E-state index < -0.39 is 0 Å². The maximum atomic E-state index is 12.5. The van der Waals surface area contributed by atoms with Crippen molar-refractivity contribution in [3.05, 3.63) is 42.5 Å². The lowest BCUT2D eigenvalue weighted by Crippen LogP contribution is -2.52. The lowest BCUT2D eigenvalue weighted by molar-refractivity contribution is -0.119. The largest absolute Gasteiger partial charge is 0.381 e. The van der Waals surface area contributed by atoms with Crippen molar-refractivity contribution in [1.29, 1.82) is 0 Å². The minimum atomic E-state index is 0.0929. The van der Waals surface area contributed by atoms with Gasteiger partial charge in [-0.15, -0.1) is 11.8 Å². The Morgan fingerprint density at radius 1 is 1.11 bits per heavy atom. The second kappa shape index (κ2) is 9.74. The van der Waals surface area contributed by atoms with Gasteiger partial charge in [-0.3, -0.25) is 9.69 Å². The molecular weight excluding hydrogens is 372 g/mol. The molecule has 2 saturated heterocycles. The van der Waals surface area contributed by atoms with Gasteiger partial charge in [0.05, 0.1) is 25.6 Å². The molecule has 2 aliphatic heterocycles. The summed E-state index contributed by atoms with van der Waals surface area (Å²) in [6, 6.07) is 15.0. The summed E-state index contributed by atoms with van der Waals surface area (Å²) in [6.45, 7) is 5.73. The first-order chi connectivity index (χ1) is 13.8. The van der Waals surface area contributed by atoms with Gasteiger partial charge in [0.2, 0.25) is 5.91 Å². The first-order valence-corrected chi connectivity index (χ1v) is 11.1. The van der Waals surface area contributed by atoms with Crippen molar-refractivity contribution in [2.24, 2.45) is 5.92 Å². The highest BCUT2D eigenvalue weighted by Gasteiger charge is 2.31. The van der Waals surface area contributed by atoms with Gasteiger partial charge in [0, 0.05) is 43.1 Å². The monoisotopic (exact) mass is 400 g/mol. The molecule has 2 unspecified atom stereocenters. The van der Waals surface area contributed by atoms with E-state index in [-0.39, 0.29) is 5.91 Å². The normalized spacial score (nSPS) is 21.6. The number of morpholine rings is 1. The van der Waals surface area contributed by atoms with E-state index in [1.165, 1.54) is 10.8 Å². The third-order valence-electron chi connectivity index (χ3n) is 5.62. The first kappa shape index (κ1) is 19.7. The number of hydrogen-bond acceptors (Lipinski definition) is 5. The molecule has 5 nitrogen and oxygen atoms in total. The summed E-state index contributed by atoms with van der Waals surface area (Å²) in [5, 5.41) is 5.60. The maximum Gasteiger partial charge on any atom is 0.230 e. The third kappa shape index (κ3) is 5.06. The molecule has 6 heteroatoms. The van der Waals surface area contributed by atoms with E-state index >= 15 is 0 Å². The van der Waals surface area contributed by atoms with E-state index in [0.29, 0.717) is 24.3 Å². The van der Waals surface area contributed by atoms with Gasteiger partial charge < -0.3 is 14.8 Å². The molecule has 4 rings (SSSR count). The van der Waals surface area contributed by atoms with Crippen LogP contribution in [0.2, 0.25) is 0 Å². The van der Waals surface area contributed by atoms with Crippen LogP contribution < -0.4 is 5.32 Å². The van der Waals surface area contributed by atoms with Crippen LogP contribution in [0.15, 0.2) is 47.4 Å². The molecule has 0 aliphatic carbocycles. The van der Waals surface area contributed by atoms with Crippen molar-refractivity contribution in [2.75, 3.05) is 51.8 Å². The average molecular weight is 401 g/mol. The minimum Gasteiger partial charge on any atom is -0.381 e. The highest BCUT2D eigenvalue weighted by Crippen LogP contribution is 2.24. The zero-order valence-electron chi connectivity index (χ0n) is 16.1. The summed E-state index contributed by atoms with van der Waals surface area (Å²) in [7, 11) is 0. The summed E-state index contributed by atoms with van der Waals surface area (Å²) >= 11 is 1.59. The molecule has 0 spiro atoms. The number of ether oxygens (including phenoxy) is 2. The van der Waals surface area contributed by atoms with E-state index in [0.717, 1.165) is 50.8 Å². The molecule has 1 N–H and O–H groups in total. The summed E-state index contributed by atoms with van der Waals surface area (Å²) in [5.41, 5.74) is 0. The van der Waals surface area contributed by atoms with Crippen molar-refractivity contribution in [3.63, 3.8) is 0 Å². The minimum absolute atomic E-state index is 0.0929. The zero-order valence-corrected chi connectivity index (χ0v) is 17.0. The van der Waals surface area contributed by atoms with E-state index in [4.69, 9.17) is 9.47 Å². The number of carbonyl (C=O) groups excluding carboxylic acids is 1. The number of fused-ring (bicyclic) bond motifs is 1. The van der Waals surface area contributed by atoms with Crippen LogP contribution in [0, 0.1) is 5.92 Å². The Morgan fingerprint density at radius 2 is 1.93 bits per heavy atom. The number of nitrogens with one attached hydrogen (secondary N) is 1. The Hall–Kier alpha value is -1.60. The Morgan fingerprint density at radius 3 is 2.71 bits per heavy atom. The Kier molecular flexibility index (Phi) is 6.86. The molecule has 2 atom stereocenters. The van der Waals surface area contributed by atoms with Crippen molar-refractivity contribution >= 4 is 28.4 Å². The van der Waals surface area contributed by atoms with E-state index in [2.05, 4.69) is 40.5 Å². The van der Waals surface area contributed by atoms with Crippen molar-refractivity contribution in [2.45, 2.75) is 17.4 Å². The molecule has 1 amide bonds. The van der Waals surface area contributed by atoms with Crippen LogP contribution in [0.5, 0.6) is 0 Å². The lowest BCUT2D eigenvalue weighted by Gasteiger charge is -2.37. The topological polar surface area (TPSA) is 50.8 Å². The van der Waals surface area contributed by atoms with Gasteiger partial charge >= 0.3 is 0 Å².